The molecule has 0 spiro atoms. The predicted molar refractivity (Wildman–Crippen MR) is 175 cm³/mol. The summed E-state index contributed by atoms with van der Waals surface area (Å²) in [5, 5.41) is 0. The van der Waals surface area contributed by atoms with Crippen molar-refractivity contribution in [1.29, 1.82) is 0 Å². The Morgan fingerprint density at radius 3 is 1.70 bits per heavy atom. The van der Waals surface area contributed by atoms with Gasteiger partial charge >= 0.3 is 17.9 Å². The van der Waals surface area contributed by atoms with Crippen molar-refractivity contribution in [3.05, 3.63) is 64.7 Å². The highest BCUT2D eigenvalue weighted by atomic mass is 16.6. The number of rotatable bonds is 11. The molecule has 3 aliphatic heterocycles. The molecule has 6 rings (SSSR count). The summed E-state index contributed by atoms with van der Waals surface area (Å²) in [6.45, 7) is 4.89. The number of fused-ring (bicyclic) bond motifs is 2. The highest BCUT2D eigenvalue weighted by Crippen LogP contribution is 2.56. The average Bonchev–Trinajstić information content (AvgIpc) is 3.80. The highest BCUT2D eigenvalue weighted by Gasteiger charge is 2.49. The Hall–Kier alpha value is -5.01. The molecule has 0 saturated carbocycles. The molecular formula is C37H40O13. The van der Waals surface area contributed by atoms with Gasteiger partial charge in [0, 0.05) is 38.2 Å². The van der Waals surface area contributed by atoms with Crippen molar-refractivity contribution >= 4 is 17.9 Å². The van der Waals surface area contributed by atoms with Crippen LogP contribution in [0.3, 0.4) is 0 Å². The van der Waals surface area contributed by atoms with Crippen LogP contribution in [0.4, 0.5) is 0 Å². The molecule has 3 aromatic rings. The second-order valence-corrected chi connectivity index (χ2v) is 12.3. The maximum Gasteiger partial charge on any atom is 0.308 e. The van der Waals surface area contributed by atoms with Gasteiger partial charge in [-0.1, -0.05) is 6.07 Å². The minimum atomic E-state index is -0.579. The molecule has 50 heavy (non-hydrogen) atoms. The molecule has 13 heteroatoms. The van der Waals surface area contributed by atoms with Crippen LogP contribution in [0, 0.1) is 11.8 Å². The molecule has 266 valence electrons. The van der Waals surface area contributed by atoms with Gasteiger partial charge in [-0.3, -0.25) is 14.4 Å². The number of esters is 3. The van der Waals surface area contributed by atoms with E-state index in [-0.39, 0.29) is 42.1 Å². The first kappa shape index (κ1) is 34.8. The molecular weight excluding hydrogens is 652 g/mol. The van der Waals surface area contributed by atoms with Crippen molar-refractivity contribution < 1.29 is 61.8 Å². The number of ether oxygens (including phenoxy) is 10. The third-order valence-corrected chi connectivity index (χ3v) is 9.22. The number of methoxy groups -OCH3 is 4. The van der Waals surface area contributed by atoms with Gasteiger partial charge in [0.05, 0.1) is 59.8 Å². The zero-order chi connectivity index (χ0) is 35.7. The average molecular weight is 693 g/mol. The van der Waals surface area contributed by atoms with Crippen LogP contribution >= 0.6 is 0 Å². The number of carbonyl (C=O) groups excluding carboxylic acids is 3. The summed E-state index contributed by atoms with van der Waals surface area (Å²) in [6, 6.07) is 12.7. The Labute approximate surface area is 289 Å². The van der Waals surface area contributed by atoms with Crippen molar-refractivity contribution in [3.8, 4) is 40.2 Å². The molecule has 0 unspecified atom stereocenters. The van der Waals surface area contributed by atoms with E-state index in [2.05, 4.69) is 0 Å². The Bertz CT molecular complexity index is 1760. The van der Waals surface area contributed by atoms with Crippen LogP contribution in [-0.2, 0) is 28.6 Å². The zero-order valence-corrected chi connectivity index (χ0v) is 28.9. The SMILES string of the molecule is COc1cc([C@H]2Oc3c(OC)cc([C@H]4OC[C@H]5[C@@H]4CO[C@@H]5c4cc(OC)c(OC(C)=O)c(OC)c4)cc3[C@@H]2COC(C)=O)ccc1OC(C)=O. The van der Waals surface area contributed by atoms with Crippen molar-refractivity contribution in [1.82, 2.24) is 0 Å². The van der Waals surface area contributed by atoms with Gasteiger partial charge in [-0.2, -0.15) is 0 Å². The first-order valence-corrected chi connectivity index (χ1v) is 16.1. The summed E-state index contributed by atoms with van der Waals surface area (Å²) in [5.41, 5.74) is 3.21. The molecule has 6 atom stereocenters. The Morgan fingerprint density at radius 2 is 1.16 bits per heavy atom. The van der Waals surface area contributed by atoms with Gasteiger partial charge in [0.15, 0.2) is 34.5 Å². The van der Waals surface area contributed by atoms with Crippen molar-refractivity contribution in [2.75, 3.05) is 48.3 Å². The minimum Gasteiger partial charge on any atom is -0.493 e. The maximum atomic E-state index is 12.0. The van der Waals surface area contributed by atoms with Crippen molar-refractivity contribution in [2.45, 2.75) is 45.0 Å². The molecule has 0 aromatic heterocycles. The highest BCUT2D eigenvalue weighted by molar-refractivity contribution is 5.72. The van der Waals surface area contributed by atoms with Gasteiger partial charge in [-0.15, -0.1) is 0 Å². The lowest BCUT2D eigenvalue weighted by atomic mass is 9.83. The van der Waals surface area contributed by atoms with E-state index in [1.54, 1.807) is 37.4 Å². The summed E-state index contributed by atoms with van der Waals surface area (Å²) in [5.74, 6) is 0.775. The summed E-state index contributed by atoms with van der Waals surface area (Å²) in [4.78, 5) is 35.4. The predicted octanol–water partition coefficient (Wildman–Crippen LogP) is 5.43. The Balaban J connectivity index is 1.31. The van der Waals surface area contributed by atoms with Gasteiger partial charge in [-0.05, 0) is 53.1 Å². The van der Waals surface area contributed by atoms with E-state index in [1.807, 2.05) is 12.1 Å². The molecule has 2 saturated heterocycles. The van der Waals surface area contributed by atoms with Gasteiger partial charge in [0.25, 0.3) is 0 Å². The van der Waals surface area contributed by atoms with Gasteiger partial charge in [0.2, 0.25) is 5.75 Å². The van der Waals surface area contributed by atoms with Crippen LogP contribution in [0.2, 0.25) is 0 Å². The van der Waals surface area contributed by atoms with Gasteiger partial charge < -0.3 is 47.4 Å². The molecule has 0 aliphatic carbocycles. The standard InChI is InChI=1S/C37H40O13/c1-18(38)45-15-25-24-10-22(12-30(42-5)36(24)50-35(25)21-8-9-28(48-19(2)39)29(11-21)41-4)33-26-16-47-34(27(26)17-46-33)23-13-31(43-6)37(49-20(3)40)32(14-23)44-7/h8-14,25-27,33-35H,15-17H2,1-7H3/t25-,26-,27-,33+,34+,35+/m0/s1. The Morgan fingerprint density at radius 1 is 0.620 bits per heavy atom. The van der Waals surface area contributed by atoms with Crippen molar-refractivity contribution in [3.63, 3.8) is 0 Å². The van der Waals surface area contributed by atoms with E-state index in [9.17, 15) is 14.4 Å². The summed E-state index contributed by atoms with van der Waals surface area (Å²) in [7, 11) is 6.05. The van der Waals surface area contributed by atoms with E-state index in [0.29, 0.717) is 42.0 Å². The van der Waals surface area contributed by atoms with Crippen LogP contribution in [0.5, 0.6) is 40.2 Å². The normalized spacial score (nSPS) is 23.3. The van der Waals surface area contributed by atoms with E-state index >= 15 is 0 Å². The van der Waals surface area contributed by atoms with E-state index < -0.39 is 29.9 Å². The number of carbonyl (C=O) groups is 3. The topological polar surface area (TPSA) is 144 Å². The third-order valence-electron chi connectivity index (χ3n) is 9.22. The lowest BCUT2D eigenvalue weighted by molar-refractivity contribution is -0.142. The van der Waals surface area contributed by atoms with Gasteiger partial charge in [-0.25, -0.2) is 0 Å². The van der Waals surface area contributed by atoms with E-state index in [1.165, 1.54) is 42.1 Å². The molecule has 0 radical (unpaired) electrons. The molecule has 2 fully saturated rings. The lowest BCUT2D eigenvalue weighted by Gasteiger charge is -2.21. The van der Waals surface area contributed by atoms with Crippen LogP contribution in [0.15, 0.2) is 42.5 Å². The first-order valence-electron chi connectivity index (χ1n) is 16.1. The fourth-order valence-corrected chi connectivity index (χ4v) is 7.06. The zero-order valence-electron chi connectivity index (χ0n) is 28.9. The fraction of sp³-hybridized carbons (Fsp3) is 0.432. The monoisotopic (exact) mass is 692 g/mol. The Kier molecular flexibility index (Phi) is 10.1. The third kappa shape index (κ3) is 6.62. The quantitative estimate of drug-likeness (QED) is 0.186. The van der Waals surface area contributed by atoms with E-state index in [0.717, 1.165) is 22.3 Å². The van der Waals surface area contributed by atoms with Gasteiger partial charge in [0.1, 0.15) is 12.7 Å². The molecule has 0 bridgehead atoms. The van der Waals surface area contributed by atoms with E-state index in [4.69, 9.17) is 47.4 Å². The van der Waals surface area contributed by atoms with Crippen LogP contribution in [-0.4, -0.2) is 66.2 Å². The molecule has 3 aliphatic rings. The number of hydrogen-bond acceptors (Lipinski definition) is 13. The van der Waals surface area contributed by atoms with Crippen molar-refractivity contribution in [2.24, 2.45) is 11.8 Å². The second kappa shape index (κ2) is 14.5. The number of benzene rings is 3. The second-order valence-electron chi connectivity index (χ2n) is 12.3. The van der Waals surface area contributed by atoms with Crippen LogP contribution in [0.25, 0.3) is 0 Å². The smallest absolute Gasteiger partial charge is 0.308 e. The first-order chi connectivity index (χ1) is 24.1. The maximum absolute atomic E-state index is 12.0. The molecule has 3 aromatic carbocycles. The summed E-state index contributed by atoms with van der Waals surface area (Å²) < 4.78 is 58.1. The number of hydrogen-bond donors (Lipinski definition) is 0. The molecule has 0 amide bonds. The largest absolute Gasteiger partial charge is 0.493 e. The summed E-state index contributed by atoms with van der Waals surface area (Å²) in [6.07, 6.45) is -1.24. The summed E-state index contributed by atoms with van der Waals surface area (Å²) >= 11 is 0. The fourth-order valence-electron chi connectivity index (χ4n) is 7.06. The lowest BCUT2D eigenvalue weighted by Crippen LogP contribution is -2.17. The molecule has 3 heterocycles. The van der Waals surface area contributed by atoms with Crippen LogP contribution < -0.4 is 33.2 Å². The molecule has 13 nitrogen and oxygen atoms in total. The van der Waals surface area contributed by atoms with Crippen LogP contribution in [0.1, 0.15) is 67.3 Å². The molecule has 0 N–H and O–H groups in total. The minimum absolute atomic E-state index is 0.00252.